The molecule has 1 aliphatic rings. The molecule has 1 nitrogen and oxygen atoms in total. The molecule has 9 heavy (non-hydrogen) atoms. The molecule has 48 valence electrons. The molecule has 1 unspecified atom stereocenters. The van der Waals surface area contributed by atoms with Crippen LogP contribution in [0.25, 0.3) is 0 Å². The SMILES string of the molecule is NC1C=CC=C(Br)C=C1. The van der Waals surface area contributed by atoms with E-state index in [-0.39, 0.29) is 6.04 Å². The van der Waals surface area contributed by atoms with Crippen molar-refractivity contribution >= 4 is 15.9 Å². The lowest BCUT2D eigenvalue weighted by Crippen LogP contribution is -2.11. The second-order valence-corrected chi connectivity index (χ2v) is 2.79. The highest BCUT2D eigenvalue weighted by molar-refractivity contribution is 9.11. The first-order valence-corrected chi connectivity index (χ1v) is 3.56. The summed E-state index contributed by atoms with van der Waals surface area (Å²) in [6.07, 6.45) is 9.72. The number of rotatable bonds is 0. The summed E-state index contributed by atoms with van der Waals surface area (Å²) in [5.74, 6) is 0. The van der Waals surface area contributed by atoms with Gasteiger partial charge in [-0.2, -0.15) is 0 Å². The normalized spacial score (nSPS) is 25.6. The first kappa shape index (κ1) is 6.78. The second kappa shape index (κ2) is 2.99. The highest BCUT2D eigenvalue weighted by Crippen LogP contribution is 2.09. The summed E-state index contributed by atoms with van der Waals surface area (Å²) in [6, 6.07) is 0.0660. The molecule has 1 rings (SSSR count). The van der Waals surface area contributed by atoms with Crippen LogP contribution in [0, 0.1) is 0 Å². The smallest absolute Gasteiger partial charge is 0.0416 e. The van der Waals surface area contributed by atoms with E-state index in [2.05, 4.69) is 15.9 Å². The average Bonchev–Trinajstić information content (AvgIpc) is 1.97. The summed E-state index contributed by atoms with van der Waals surface area (Å²) < 4.78 is 1.06. The Morgan fingerprint density at radius 1 is 1.44 bits per heavy atom. The Morgan fingerprint density at radius 2 is 2.22 bits per heavy atom. The van der Waals surface area contributed by atoms with Gasteiger partial charge in [0.15, 0.2) is 0 Å². The maximum absolute atomic E-state index is 5.57. The van der Waals surface area contributed by atoms with Crippen LogP contribution >= 0.6 is 15.9 Å². The molecule has 2 heteroatoms. The van der Waals surface area contributed by atoms with Crippen LogP contribution in [-0.2, 0) is 0 Å². The minimum absolute atomic E-state index is 0.0660. The molecule has 0 bridgehead atoms. The quantitative estimate of drug-likeness (QED) is 0.612. The van der Waals surface area contributed by atoms with Crippen LogP contribution < -0.4 is 5.73 Å². The summed E-state index contributed by atoms with van der Waals surface area (Å²) in [5.41, 5.74) is 5.57. The zero-order valence-electron chi connectivity index (χ0n) is 4.92. The molecule has 0 saturated heterocycles. The summed E-state index contributed by atoms with van der Waals surface area (Å²) in [5, 5.41) is 0. The van der Waals surface area contributed by atoms with E-state index in [0.29, 0.717) is 0 Å². The largest absolute Gasteiger partial charge is 0.321 e. The molecule has 0 saturated carbocycles. The molecule has 0 heterocycles. The topological polar surface area (TPSA) is 26.0 Å². The van der Waals surface area contributed by atoms with Gasteiger partial charge in [-0.15, -0.1) is 0 Å². The van der Waals surface area contributed by atoms with Crippen LogP contribution in [0.3, 0.4) is 0 Å². The number of halogens is 1. The number of hydrogen-bond donors (Lipinski definition) is 1. The first-order chi connectivity index (χ1) is 4.29. The molecule has 0 aromatic heterocycles. The summed E-state index contributed by atoms with van der Waals surface area (Å²) in [7, 11) is 0. The van der Waals surface area contributed by atoms with Crippen molar-refractivity contribution in [3.63, 3.8) is 0 Å². The Hall–Kier alpha value is -0.340. The van der Waals surface area contributed by atoms with Crippen LogP contribution in [0.15, 0.2) is 34.9 Å². The second-order valence-electron chi connectivity index (χ2n) is 1.87. The van der Waals surface area contributed by atoms with Crippen molar-refractivity contribution in [3.8, 4) is 0 Å². The lowest BCUT2D eigenvalue weighted by Gasteiger charge is -1.92. The van der Waals surface area contributed by atoms with E-state index in [1.54, 1.807) is 0 Å². The van der Waals surface area contributed by atoms with E-state index < -0.39 is 0 Å². The van der Waals surface area contributed by atoms with E-state index in [9.17, 15) is 0 Å². The first-order valence-electron chi connectivity index (χ1n) is 2.77. The Bertz CT molecular complexity index is 179. The molecular formula is C7H8BrN. The summed E-state index contributed by atoms with van der Waals surface area (Å²) >= 11 is 3.33. The maximum atomic E-state index is 5.57. The van der Waals surface area contributed by atoms with E-state index in [1.807, 2.05) is 30.4 Å². The van der Waals surface area contributed by atoms with Crippen molar-refractivity contribution in [1.82, 2.24) is 0 Å². The van der Waals surface area contributed by atoms with Gasteiger partial charge in [0.2, 0.25) is 0 Å². The maximum Gasteiger partial charge on any atom is 0.0416 e. The van der Waals surface area contributed by atoms with Gasteiger partial charge >= 0.3 is 0 Å². The van der Waals surface area contributed by atoms with E-state index in [0.717, 1.165) is 4.48 Å². The Balaban J connectivity index is 2.75. The molecule has 1 atom stereocenters. The molecule has 0 radical (unpaired) electrons. The summed E-state index contributed by atoms with van der Waals surface area (Å²) in [6.45, 7) is 0. The zero-order chi connectivity index (χ0) is 6.69. The van der Waals surface area contributed by atoms with Gasteiger partial charge in [0.1, 0.15) is 0 Å². The van der Waals surface area contributed by atoms with Crippen molar-refractivity contribution in [1.29, 1.82) is 0 Å². The van der Waals surface area contributed by atoms with Crippen molar-refractivity contribution in [2.75, 3.05) is 0 Å². The third kappa shape index (κ3) is 2.16. The lowest BCUT2D eigenvalue weighted by atomic mass is 10.3. The van der Waals surface area contributed by atoms with Gasteiger partial charge in [-0.1, -0.05) is 40.2 Å². The minimum atomic E-state index is 0.0660. The fourth-order valence-corrected chi connectivity index (χ4v) is 0.904. The molecule has 1 aliphatic carbocycles. The van der Waals surface area contributed by atoms with Gasteiger partial charge in [-0.25, -0.2) is 0 Å². The number of nitrogens with two attached hydrogens (primary N) is 1. The van der Waals surface area contributed by atoms with Crippen molar-refractivity contribution in [2.45, 2.75) is 6.04 Å². The zero-order valence-corrected chi connectivity index (χ0v) is 6.51. The lowest BCUT2D eigenvalue weighted by molar-refractivity contribution is 1.03. The van der Waals surface area contributed by atoms with Gasteiger partial charge < -0.3 is 5.73 Å². The Kier molecular flexibility index (Phi) is 2.25. The molecular weight excluding hydrogens is 178 g/mol. The van der Waals surface area contributed by atoms with Gasteiger partial charge in [0, 0.05) is 10.5 Å². The number of hydrogen-bond acceptors (Lipinski definition) is 1. The Labute approximate surface area is 63.1 Å². The van der Waals surface area contributed by atoms with Gasteiger partial charge in [0.05, 0.1) is 0 Å². The van der Waals surface area contributed by atoms with Crippen molar-refractivity contribution in [3.05, 3.63) is 34.9 Å². The molecule has 0 amide bonds. The monoisotopic (exact) mass is 185 g/mol. The van der Waals surface area contributed by atoms with Crippen LogP contribution in [0.5, 0.6) is 0 Å². The predicted molar refractivity (Wildman–Crippen MR) is 43.3 cm³/mol. The predicted octanol–water partition coefficient (Wildman–Crippen LogP) is 1.72. The van der Waals surface area contributed by atoms with Crippen LogP contribution in [0.1, 0.15) is 0 Å². The van der Waals surface area contributed by atoms with Crippen molar-refractivity contribution in [2.24, 2.45) is 5.73 Å². The number of allylic oxidation sites excluding steroid dienone is 4. The van der Waals surface area contributed by atoms with Crippen molar-refractivity contribution < 1.29 is 0 Å². The van der Waals surface area contributed by atoms with Gasteiger partial charge in [0.25, 0.3) is 0 Å². The molecule has 0 aromatic carbocycles. The molecule has 0 spiro atoms. The van der Waals surface area contributed by atoms with E-state index in [1.165, 1.54) is 0 Å². The average molecular weight is 186 g/mol. The molecule has 2 N–H and O–H groups in total. The van der Waals surface area contributed by atoms with Crippen LogP contribution in [0.2, 0.25) is 0 Å². The molecule has 0 aromatic rings. The highest BCUT2D eigenvalue weighted by atomic mass is 79.9. The van der Waals surface area contributed by atoms with E-state index in [4.69, 9.17) is 5.73 Å². The Morgan fingerprint density at radius 3 is 3.00 bits per heavy atom. The highest BCUT2D eigenvalue weighted by Gasteiger charge is 1.92. The standard InChI is InChI=1S/C7H8BrN/c8-6-2-1-3-7(9)5-4-6/h1-5,7H,9H2. The van der Waals surface area contributed by atoms with E-state index >= 15 is 0 Å². The van der Waals surface area contributed by atoms with Gasteiger partial charge in [-0.05, 0) is 6.08 Å². The van der Waals surface area contributed by atoms with Crippen LogP contribution in [-0.4, -0.2) is 6.04 Å². The summed E-state index contributed by atoms with van der Waals surface area (Å²) in [4.78, 5) is 0. The fourth-order valence-electron chi connectivity index (χ4n) is 0.599. The van der Waals surface area contributed by atoms with Crippen LogP contribution in [0.4, 0.5) is 0 Å². The fraction of sp³-hybridized carbons (Fsp3) is 0.143. The molecule has 0 aliphatic heterocycles. The molecule has 0 fully saturated rings. The third-order valence-electron chi connectivity index (χ3n) is 1.07. The van der Waals surface area contributed by atoms with Gasteiger partial charge in [-0.3, -0.25) is 0 Å². The minimum Gasteiger partial charge on any atom is -0.321 e. The third-order valence-corrected chi connectivity index (χ3v) is 1.60.